The zero-order chi connectivity index (χ0) is 27.7. The number of amidine groups is 2. The molecule has 2 aliphatic rings. The summed E-state index contributed by atoms with van der Waals surface area (Å²) >= 11 is 0.200. The minimum absolute atomic E-state index is 0.0544. The first kappa shape index (κ1) is 27.2. The second-order valence-electron chi connectivity index (χ2n) is 9.30. The average Bonchev–Trinajstić information content (AvgIpc) is 3.29. The van der Waals surface area contributed by atoms with Crippen LogP contribution in [0.4, 0.5) is 13.2 Å². The van der Waals surface area contributed by atoms with Crippen LogP contribution in [0, 0.1) is 5.41 Å². The lowest BCUT2D eigenvalue weighted by Crippen LogP contribution is -2.35. The van der Waals surface area contributed by atoms with E-state index >= 15 is 0 Å². The Balaban J connectivity index is 1.41. The van der Waals surface area contributed by atoms with Gasteiger partial charge in [0.15, 0.2) is 17.3 Å². The van der Waals surface area contributed by atoms with Gasteiger partial charge in [-0.15, -0.1) is 0 Å². The van der Waals surface area contributed by atoms with Gasteiger partial charge in [-0.1, -0.05) is 39.0 Å². The zero-order valence-corrected chi connectivity index (χ0v) is 21.9. The Bertz CT molecular complexity index is 1350. The van der Waals surface area contributed by atoms with E-state index in [-0.39, 0.29) is 34.5 Å². The molecule has 0 fully saturated rings. The highest BCUT2D eigenvalue weighted by atomic mass is 32.2. The standard InChI is InChI=1S/C26H25F3N4O4S/c1-25(2,3)16-6-8-17(9-7-16)36-11-12-37-19-10-5-15(14-20(19)35-4)13-18-21(30)33-24(31-22(18)34)38-23(32-33)26(27,28)29/h5-10,13-14,30H,11-12H2,1-4H3/b18-13+,30-21?. The fourth-order valence-electron chi connectivity index (χ4n) is 3.53. The van der Waals surface area contributed by atoms with E-state index in [0.717, 1.165) is 5.75 Å². The number of rotatable bonds is 7. The summed E-state index contributed by atoms with van der Waals surface area (Å²) in [5.74, 6) is 0.186. The molecule has 1 N–H and O–H groups in total. The van der Waals surface area contributed by atoms with Gasteiger partial charge in [-0.2, -0.15) is 28.3 Å². The number of aliphatic imine (C=N–C) groups is 1. The Kier molecular flexibility index (Phi) is 7.54. The van der Waals surface area contributed by atoms with Gasteiger partial charge < -0.3 is 14.2 Å². The molecule has 0 unspecified atom stereocenters. The molecule has 2 aromatic carbocycles. The Morgan fingerprint density at radius 2 is 1.71 bits per heavy atom. The van der Waals surface area contributed by atoms with Crippen LogP contribution in [0.5, 0.6) is 17.2 Å². The van der Waals surface area contributed by atoms with Crippen LogP contribution in [-0.2, 0) is 10.2 Å². The molecule has 0 bridgehead atoms. The molecule has 200 valence electrons. The van der Waals surface area contributed by atoms with E-state index in [1.54, 1.807) is 18.2 Å². The van der Waals surface area contributed by atoms with Gasteiger partial charge in [0.2, 0.25) is 10.2 Å². The number of halogens is 3. The molecule has 2 heterocycles. The van der Waals surface area contributed by atoms with Gasteiger partial charge in [0.05, 0.1) is 12.7 Å². The van der Waals surface area contributed by atoms with Crippen LogP contribution < -0.4 is 14.2 Å². The molecule has 2 aromatic rings. The number of nitrogens with one attached hydrogen (secondary N) is 1. The fraction of sp³-hybridized carbons (Fsp3) is 0.308. The number of ether oxygens (including phenoxy) is 3. The molecule has 2 aliphatic heterocycles. The van der Waals surface area contributed by atoms with Crippen molar-refractivity contribution in [2.75, 3.05) is 20.3 Å². The van der Waals surface area contributed by atoms with E-state index < -0.39 is 23.0 Å². The molecule has 8 nitrogen and oxygen atoms in total. The van der Waals surface area contributed by atoms with Crippen LogP contribution in [0.2, 0.25) is 0 Å². The van der Waals surface area contributed by atoms with Gasteiger partial charge in [-0.25, -0.2) is 0 Å². The van der Waals surface area contributed by atoms with Gasteiger partial charge in [0, 0.05) is 0 Å². The fourth-order valence-corrected chi connectivity index (χ4v) is 4.29. The summed E-state index contributed by atoms with van der Waals surface area (Å²) in [6.07, 6.45) is -3.36. The summed E-state index contributed by atoms with van der Waals surface area (Å²) in [4.78, 5) is 16.1. The number of carbonyl (C=O) groups is 1. The van der Waals surface area contributed by atoms with Crippen LogP contribution >= 0.6 is 11.8 Å². The first-order chi connectivity index (χ1) is 17.9. The third kappa shape index (κ3) is 6.01. The lowest BCUT2D eigenvalue weighted by atomic mass is 9.87. The summed E-state index contributed by atoms with van der Waals surface area (Å²) in [7, 11) is 1.45. The van der Waals surface area contributed by atoms with Crippen molar-refractivity contribution in [1.82, 2.24) is 5.01 Å². The highest BCUT2D eigenvalue weighted by Crippen LogP contribution is 2.36. The number of hydrogen-bond donors (Lipinski definition) is 1. The average molecular weight is 547 g/mol. The normalized spacial score (nSPS) is 16.8. The minimum Gasteiger partial charge on any atom is -0.493 e. The molecule has 0 saturated carbocycles. The summed E-state index contributed by atoms with van der Waals surface area (Å²) in [5.41, 5.74) is 1.51. The number of amides is 1. The van der Waals surface area contributed by atoms with Crippen LogP contribution in [0.25, 0.3) is 6.08 Å². The van der Waals surface area contributed by atoms with Crippen LogP contribution in [-0.4, -0.2) is 53.5 Å². The molecule has 0 atom stereocenters. The third-order valence-electron chi connectivity index (χ3n) is 5.53. The smallest absolute Gasteiger partial charge is 0.441 e. The molecule has 0 aromatic heterocycles. The molecule has 4 rings (SSSR count). The predicted octanol–water partition coefficient (Wildman–Crippen LogP) is 5.63. The molecule has 0 aliphatic carbocycles. The molecule has 38 heavy (non-hydrogen) atoms. The van der Waals surface area contributed by atoms with E-state index in [1.165, 1.54) is 18.7 Å². The number of hydrazone groups is 1. The van der Waals surface area contributed by atoms with Crippen molar-refractivity contribution >= 4 is 39.8 Å². The number of methoxy groups -OCH3 is 1. The summed E-state index contributed by atoms with van der Waals surface area (Å²) < 4.78 is 55.9. The monoisotopic (exact) mass is 546 g/mol. The maximum Gasteiger partial charge on any atom is 0.441 e. The van der Waals surface area contributed by atoms with E-state index in [1.807, 2.05) is 24.3 Å². The molecular formula is C26H25F3N4O4S. The number of alkyl halides is 3. The van der Waals surface area contributed by atoms with Gasteiger partial charge in [-0.3, -0.25) is 10.2 Å². The zero-order valence-electron chi connectivity index (χ0n) is 21.0. The van der Waals surface area contributed by atoms with Gasteiger partial charge in [0.25, 0.3) is 5.91 Å². The maximum absolute atomic E-state index is 13.0. The Morgan fingerprint density at radius 3 is 2.34 bits per heavy atom. The molecule has 0 radical (unpaired) electrons. The highest BCUT2D eigenvalue weighted by molar-refractivity contribution is 8.27. The van der Waals surface area contributed by atoms with Crippen molar-refractivity contribution in [3.05, 3.63) is 59.2 Å². The van der Waals surface area contributed by atoms with Crippen LogP contribution in [0.15, 0.2) is 58.1 Å². The quantitative estimate of drug-likeness (QED) is 0.357. The second kappa shape index (κ2) is 10.5. The molecule has 1 amide bonds. The van der Waals surface area contributed by atoms with Crippen molar-refractivity contribution in [1.29, 1.82) is 5.41 Å². The number of hydrogen-bond acceptors (Lipinski definition) is 7. The van der Waals surface area contributed by atoms with Crippen molar-refractivity contribution in [2.24, 2.45) is 10.1 Å². The number of benzene rings is 2. The van der Waals surface area contributed by atoms with Gasteiger partial charge in [-0.05, 0) is 58.6 Å². The molecule has 12 heteroatoms. The topological polar surface area (TPSA) is 96.6 Å². The minimum atomic E-state index is -4.71. The molecule has 0 saturated heterocycles. The first-order valence-corrected chi connectivity index (χ1v) is 12.3. The largest absolute Gasteiger partial charge is 0.493 e. The number of carbonyl (C=O) groups excluding carboxylic acids is 1. The Labute approximate surface area is 221 Å². The Hall–Kier alpha value is -3.80. The van der Waals surface area contributed by atoms with E-state index in [0.29, 0.717) is 28.7 Å². The van der Waals surface area contributed by atoms with Crippen LogP contribution in [0.3, 0.4) is 0 Å². The van der Waals surface area contributed by atoms with E-state index in [2.05, 4.69) is 30.9 Å². The lowest BCUT2D eigenvalue weighted by molar-refractivity contribution is -0.114. The summed E-state index contributed by atoms with van der Waals surface area (Å²) in [6.45, 7) is 6.96. The maximum atomic E-state index is 13.0. The Morgan fingerprint density at radius 1 is 1.03 bits per heavy atom. The highest BCUT2D eigenvalue weighted by Gasteiger charge is 2.46. The van der Waals surface area contributed by atoms with E-state index in [4.69, 9.17) is 19.6 Å². The van der Waals surface area contributed by atoms with Gasteiger partial charge in [0.1, 0.15) is 19.0 Å². The molecule has 0 spiro atoms. The number of nitrogens with zero attached hydrogens (tertiary/aromatic N) is 3. The second-order valence-corrected chi connectivity index (χ2v) is 10.3. The predicted molar refractivity (Wildman–Crippen MR) is 140 cm³/mol. The summed E-state index contributed by atoms with van der Waals surface area (Å²) in [5, 5.41) is 10.8. The third-order valence-corrected chi connectivity index (χ3v) is 6.48. The van der Waals surface area contributed by atoms with Crippen LogP contribution in [0.1, 0.15) is 31.9 Å². The number of thioether (sulfide) groups is 1. The van der Waals surface area contributed by atoms with Crippen molar-refractivity contribution in [3.63, 3.8) is 0 Å². The first-order valence-electron chi connectivity index (χ1n) is 11.5. The number of fused-ring (bicyclic) bond motifs is 1. The lowest BCUT2D eigenvalue weighted by Gasteiger charge is -2.20. The molecular weight excluding hydrogens is 521 g/mol. The van der Waals surface area contributed by atoms with Crippen molar-refractivity contribution in [3.8, 4) is 17.2 Å². The van der Waals surface area contributed by atoms with Crippen molar-refractivity contribution < 1.29 is 32.2 Å². The summed E-state index contributed by atoms with van der Waals surface area (Å²) in [6, 6.07) is 12.7. The van der Waals surface area contributed by atoms with Gasteiger partial charge >= 0.3 is 6.18 Å². The van der Waals surface area contributed by atoms with E-state index in [9.17, 15) is 18.0 Å². The SMILES string of the molecule is COc1cc(/C=C2\C(=N)N3N=C(C(F)(F)F)SC3=NC2=O)ccc1OCCOc1ccc(C(C)(C)C)cc1. The van der Waals surface area contributed by atoms with Crippen molar-refractivity contribution in [2.45, 2.75) is 32.4 Å².